The number of carboxylic acid groups (broad SMARTS) is 1. The molecule has 2 fully saturated rings. The fourth-order valence-electron chi connectivity index (χ4n) is 4.11. The highest BCUT2D eigenvalue weighted by atomic mass is 16.4. The predicted octanol–water partition coefficient (Wildman–Crippen LogP) is 1.33. The summed E-state index contributed by atoms with van der Waals surface area (Å²) in [6, 6.07) is 6.94. The topological polar surface area (TPSA) is 81.1 Å². The van der Waals surface area contributed by atoms with Crippen molar-refractivity contribution in [3.8, 4) is 0 Å². The van der Waals surface area contributed by atoms with Gasteiger partial charge >= 0.3 is 5.97 Å². The van der Waals surface area contributed by atoms with Crippen LogP contribution in [0.25, 0.3) is 0 Å². The molecule has 3 rings (SSSR count). The molecule has 1 amide bonds. The van der Waals surface area contributed by atoms with Crippen LogP contribution in [0.5, 0.6) is 0 Å². The summed E-state index contributed by atoms with van der Waals surface area (Å²) in [5, 5.41) is 18.3. The van der Waals surface area contributed by atoms with E-state index in [4.69, 9.17) is 5.11 Å². The average molecular weight is 332 g/mol. The molecule has 130 valence electrons. The molecule has 1 unspecified atom stereocenters. The SMILES string of the molecule is O=C(O)c1cccc(CN2CCCC23CCCN(CCO)C3=O)c1. The molecule has 24 heavy (non-hydrogen) atoms. The highest BCUT2D eigenvalue weighted by Crippen LogP contribution is 2.39. The van der Waals surface area contributed by atoms with Crippen LogP contribution in [0, 0.1) is 0 Å². The van der Waals surface area contributed by atoms with Crippen molar-refractivity contribution in [1.82, 2.24) is 9.80 Å². The molecule has 2 aliphatic heterocycles. The number of carbonyl (C=O) groups excluding carboxylic acids is 1. The zero-order valence-corrected chi connectivity index (χ0v) is 13.8. The Labute approximate surface area is 141 Å². The van der Waals surface area contributed by atoms with Crippen molar-refractivity contribution >= 4 is 11.9 Å². The van der Waals surface area contributed by atoms with Gasteiger partial charge in [-0.3, -0.25) is 9.69 Å². The smallest absolute Gasteiger partial charge is 0.335 e. The van der Waals surface area contributed by atoms with Crippen molar-refractivity contribution in [3.63, 3.8) is 0 Å². The second-order valence-electron chi connectivity index (χ2n) is 6.68. The maximum absolute atomic E-state index is 13.0. The van der Waals surface area contributed by atoms with E-state index in [1.807, 2.05) is 6.07 Å². The Morgan fingerprint density at radius 1 is 1.21 bits per heavy atom. The minimum absolute atomic E-state index is 0.0114. The lowest BCUT2D eigenvalue weighted by atomic mass is 9.85. The number of rotatable bonds is 5. The maximum atomic E-state index is 13.0. The molecule has 6 nitrogen and oxygen atoms in total. The van der Waals surface area contributed by atoms with Crippen LogP contribution < -0.4 is 0 Å². The molecule has 2 saturated heterocycles. The molecule has 6 heteroatoms. The Morgan fingerprint density at radius 2 is 1.96 bits per heavy atom. The van der Waals surface area contributed by atoms with Crippen LogP contribution in [-0.4, -0.2) is 63.7 Å². The number of carboxylic acids is 1. The van der Waals surface area contributed by atoms with Crippen LogP contribution in [0.1, 0.15) is 41.6 Å². The van der Waals surface area contributed by atoms with Crippen molar-refractivity contribution in [1.29, 1.82) is 0 Å². The van der Waals surface area contributed by atoms with Gasteiger partial charge in [-0.2, -0.15) is 0 Å². The first-order chi connectivity index (χ1) is 11.6. The van der Waals surface area contributed by atoms with Gasteiger partial charge in [0, 0.05) is 19.6 Å². The Bertz CT molecular complexity index is 631. The van der Waals surface area contributed by atoms with Gasteiger partial charge in [0.05, 0.1) is 12.2 Å². The lowest BCUT2D eigenvalue weighted by Crippen LogP contribution is -2.60. The first-order valence-corrected chi connectivity index (χ1v) is 8.54. The zero-order chi connectivity index (χ0) is 17.2. The molecule has 1 atom stereocenters. The Kier molecular flexibility index (Phi) is 4.87. The van der Waals surface area contributed by atoms with Crippen LogP contribution in [0.3, 0.4) is 0 Å². The van der Waals surface area contributed by atoms with Gasteiger partial charge in [-0.25, -0.2) is 4.79 Å². The largest absolute Gasteiger partial charge is 0.478 e. The fraction of sp³-hybridized carbons (Fsp3) is 0.556. The number of piperidine rings is 1. The number of likely N-dealkylation sites (tertiary alicyclic amines) is 2. The van der Waals surface area contributed by atoms with Gasteiger partial charge in [-0.15, -0.1) is 0 Å². The maximum Gasteiger partial charge on any atom is 0.335 e. The molecule has 0 aliphatic carbocycles. The molecule has 1 aromatic rings. The lowest BCUT2D eigenvalue weighted by molar-refractivity contribution is -0.148. The van der Waals surface area contributed by atoms with E-state index >= 15 is 0 Å². The first kappa shape index (κ1) is 16.9. The molecule has 0 saturated carbocycles. The number of amides is 1. The summed E-state index contributed by atoms with van der Waals surface area (Å²) in [4.78, 5) is 28.1. The van der Waals surface area contributed by atoms with Crippen molar-refractivity contribution in [2.24, 2.45) is 0 Å². The molecule has 0 radical (unpaired) electrons. The summed E-state index contributed by atoms with van der Waals surface area (Å²) in [7, 11) is 0. The third kappa shape index (κ3) is 3.03. The van der Waals surface area contributed by atoms with Crippen molar-refractivity contribution in [2.45, 2.75) is 37.8 Å². The van der Waals surface area contributed by atoms with Crippen LogP contribution in [-0.2, 0) is 11.3 Å². The third-order valence-corrected chi connectivity index (χ3v) is 5.24. The molecule has 1 aromatic carbocycles. The summed E-state index contributed by atoms with van der Waals surface area (Å²) >= 11 is 0. The van der Waals surface area contributed by atoms with Crippen LogP contribution >= 0.6 is 0 Å². The number of aliphatic hydroxyl groups excluding tert-OH is 1. The van der Waals surface area contributed by atoms with Crippen molar-refractivity contribution < 1.29 is 19.8 Å². The van der Waals surface area contributed by atoms with Gasteiger partial charge in [0.15, 0.2) is 0 Å². The quantitative estimate of drug-likeness (QED) is 0.850. The van der Waals surface area contributed by atoms with E-state index in [0.29, 0.717) is 19.6 Å². The summed E-state index contributed by atoms with van der Waals surface area (Å²) in [5.74, 6) is -0.814. The van der Waals surface area contributed by atoms with Crippen LogP contribution in [0.15, 0.2) is 24.3 Å². The lowest BCUT2D eigenvalue weighted by Gasteiger charge is -2.44. The zero-order valence-electron chi connectivity index (χ0n) is 13.8. The van der Waals surface area contributed by atoms with E-state index in [0.717, 1.165) is 37.8 Å². The van der Waals surface area contributed by atoms with E-state index in [1.54, 1.807) is 23.1 Å². The van der Waals surface area contributed by atoms with Crippen molar-refractivity contribution in [2.75, 3.05) is 26.2 Å². The Balaban J connectivity index is 1.81. The van der Waals surface area contributed by atoms with Gasteiger partial charge in [0.2, 0.25) is 5.91 Å². The number of nitrogens with zero attached hydrogens (tertiary/aromatic N) is 2. The van der Waals surface area contributed by atoms with Crippen LogP contribution in [0.2, 0.25) is 0 Å². The second kappa shape index (κ2) is 6.91. The average Bonchev–Trinajstić information content (AvgIpc) is 2.96. The van der Waals surface area contributed by atoms with E-state index < -0.39 is 11.5 Å². The van der Waals surface area contributed by atoms with Gasteiger partial charge < -0.3 is 15.1 Å². The van der Waals surface area contributed by atoms with Gasteiger partial charge in [-0.05, 0) is 49.9 Å². The van der Waals surface area contributed by atoms with Gasteiger partial charge in [0.25, 0.3) is 0 Å². The number of benzene rings is 1. The summed E-state index contributed by atoms with van der Waals surface area (Å²) in [6.45, 7) is 2.52. The molecule has 2 heterocycles. The molecule has 2 aliphatic rings. The number of hydrogen-bond acceptors (Lipinski definition) is 4. The minimum Gasteiger partial charge on any atom is -0.478 e. The van der Waals surface area contributed by atoms with Gasteiger partial charge in [0.1, 0.15) is 5.54 Å². The molecule has 1 spiro atoms. The van der Waals surface area contributed by atoms with E-state index in [9.17, 15) is 14.7 Å². The van der Waals surface area contributed by atoms with Crippen molar-refractivity contribution in [3.05, 3.63) is 35.4 Å². The predicted molar refractivity (Wildman–Crippen MR) is 88.7 cm³/mol. The number of aromatic carboxylic acids is 1. The fourth-order valence-corrected chi connectivity index (χ4v) is 4.11. The van der Waals surface area contributed by atoms with Gasteiger partial charge in [-0.1, -0.05) is 12.1 Å². The minimum atomic E-state index is -0.934. The molecular weight excluding hydrogens is 308 g/mol. The van der Waals surface area contributed by atoms with Crippen LogP contribution in [0.4, 0.5) is 0 Å². The van der Waals surface area contributed by atoms with E-state index in [2.05, 4.69) is 4.90 Å². The Morgan fingerprint density at radius 3 is 2.67 bits per heavy atom. The van der Waals surface area contributed by atoms with E-state index in [1.165, 1.54) is 0 Å². The Hall–Kier alpha value is -1.92. The highest BCUT2D eigenvalue weighted by molar-refractivity contribution is 5.88. The third-order valence-electron chi connectivity index (χ3n) is 5.24. The normalized spacial score (nSPS) is 24.7. The summed E-state index contributed by atoms with van der Waals surface area (Å²) in [5.41, 5.74) is 0.716. The standard InChI is InChI=1S/C18H24N2O4/c21-11-10-19-8-2-6-18(17(19)24)7-3-9-20(18)13-14-4-1-5-15(12-14)16(22)23/h1,4-5,12,21H,2-3,6-11,13H2,(H,22,23). The number of carbonyl (C=O) groups is 2. The molecular formula is C18H24N2O4. The highest BCUT2D eigenvalue weighted by Gasteiger charge is 2.50. The molecule has 2 N–H and O–H groups in total. The monoisotopic (exact) mass is 332 g/mol. The summed E-state index contributed by atoms with van der Waals surface area (Å²) < 4.78 is 0. The molecule has 0 bridgehead atoms. The first-order valence-electron chi connectivity index (χ1n) is 8.54. The molecule has 0 aromatic heterocycles. The number of hydrogen-bond donors (Lipinski definition) is 2. The van der Waals surface area contributed by atoms with E-state index in [-0.39, 0.29) is 18.1 Å². The summed E-state index contributed by atoms with van der Waals surface area (Å²) in [6.07, 6.45) is 3.59. The number of β-amino-alcohol motifs (C(OH)–C–C–N with tert-alkyl or cyclic N) is 1. The number of aliphatic hydroxyl groups is 1. The second-order valence-corrected chi connectivity index (χ2v) is 6.68.